The average Bonchev–Trinajstić information content (AvgIpc) is 2.72. The van der Waals surface area contributed by atoms with Crippen LogP contribution in [0.4, 0.5) is 0 Å². The van der Waals surface area contributed by atoms with Crippen molar-refractivity contribution in [2.75, 3.05) is 13.2 Å². The summed E-state index contributed by atoms with van der Waals surface area (Å²) in [4.78, 5) is 18.5. The summed E-state index contributed by atoms with van der Waals surface area (Å²) in [5.41, 5.74) is 3.32. The average molecular weight is 380 g/mol. The summed E-state index contributed by atoms with van der Waals surface area (Å²) >= 11 is 0. The lowest BCUT2D eigenvalue weighted by atomic mass is 9.74. The van der Waals surface area contributed by atoms with Gasteiger partial charge in [0.25, 0.3) is 0 Å². The maximum atomic E-state index is 11.8. The molecule has 1 aliphatic rings. The molecule has 1 saturated heterocycles. The number of aliphatic hydroxyl groups excluding tert-OH is 1. The SMILES string of the molecule is CC=Cc1ccc([C@@H]2[C@@H](CNC(=O)CC)N(Cc3ccccn3)[C@H]2CO)cc1. The molecule has 0 spiro atoms. The molecule has 1 fully saturated rings. The van der Waals surface area contributed by atoms with Crippen molar-refractivity contribution in [2.24, 2.45) is 0 Å². The highest BCUT2D eigenvalue weighted by atomic mass is 16.3. The first kappa shape index (κ1) is 20.2. The van der Waals surface area contributed by atoms with Crippen LogP contribution in [0.2, 0.25) is 0 Å². The molecule has 2 aromatic rings. The number of hydrogen-bond acceptors (Lipinski definition) is 4. The third-order valence-electron chi connectivity index (χ3n) is 5.45. The molecular formula is C23H29N3O2. The van der Waals surface area contributed by atoms with Gasteiger partial charge in [-0.25, -0.2) is 0 Å². The molecule has 5 heteroatoms. The summed E-state index contributed by atoms with van der Waals surface area (Å²) in [5, 5.41) is 13.1. The van der Waals surface area contributed by atoms with Crippen molar-refractivity contribution in [1.82, 2.24) is 15.2 Å². The van der Waals surface area contributed by atoms with Gasteiger partial charge in [-0.2, -0.15) is 0 Å². The molecule has 2 N–H and O–H groups in total. The van der Waals surface area contributed by atoms with E-state index in [9.17, 15) is 9.90 Å². The van der Waals surface area contributed by atoms with Gasteiger partial charge < -0.3 is 10.4 Å². The van der Waals surface area contributed by atoms with Gasteiger partial charge in [0.2, 0.25) is 5.91 Å². The minimum atomic E-state index is 0.0121. The lowest BCUT2D eigenvalue weighted by molar-refractivity contribution is -0.122. The number of rotatable bonds is 8. The molecule has 28 heavy (non-hydrogen) atoms. The third kappa shape index (κ3) is 4.49. The zero-order chi connectivity index (χ0) is 19.9. The quantitative estimate of drug-likeness (QED) is 0.740. The number of amides is 1. The van der Waals surface area contributed by atoms with E-state index in [1.54, 1.807) is 6.20 Å². The van der Waals surface area contributed by atoms with Crippen molar-refractivity contribution < 1.29 is 9.90 Å². The molecule has 3 rings (SSSR count). The summed E-state index contributed by atoms with van der Waals surface area (Å²) in [6.07, 6.45) is 6.35. The van der Waals surface area contributed by atoms with Gasteiger partial charge in [-0.15, -0.1) is 0 Å². The molecule has 1 aromatic carbocycles. The standard InChI is InChI=1S/C23H29N3O2/c1-3-7-17-9-11-18(12-10-17)23-20(14-25-22(28)4-2)26(21(23)16-27)15-19-8-5-6-13-24-19/h3,5-13,20-21,23,27H,4,14-16H2,1-2H3,(H,25,28)/t20-,21+,23-/m1/s1. The van der Waals surface area contributed by atoms with Crippen molar-refractivity contribution >= 4 is 12.0 Å². The van der Waals surface area contributed by atoms with Crippen LogP contribution >= 0.6 is 0 Å². The maximum absolute atomic E-state index is 11.8. The molecule has 148 valence electrons. The molecule has 0 radical (unpaired) electrons. The first-order valence-electron chi connectivity index (χ1n) is 9.93. The normalized spacial score (nSPS) is 22.2. The van der Waals surface area contributed by atoms with E-state index in [1.807, 2.05) is 38.1 Å². The fourth-order valence-corrected chi connectivity index (χ4v) is 4.00. The molecule has 1 aliphatic heterocycles. The van der Waals surface area contributed by atoms with Crippen molar-refractivity contribution in [2.45, 2.75) is 44.8 Å². The van der Waals surface area contributed by atoms with Crippen molar-refractivity contribution in [3.05, 3.63) is 71.6 Å². The zero-order valence-corrected chi connectivity index (χ0v) is 16.6. The lowest BCUT2D eigenvalue weighted by Crippen LogP contribution is -2.66. The van der Waals surface area contributed by atoms with Gasteiger partial charge in [0, 0.05) is 43.7 Å². The van der Waals surface area contributed by atoms with Gasteiger partial charge in [-0.05, 0) is 30.2 Å². The molecule has 0 bridgehead atoms. The molecule has 0 aliphatic carbocycles. The molecule has 5 nitrogen and oxygen atoms in total. The van der Waals surface area contributed by atoms with E-state index in [0.717, 1.165) is 11.3 Å². The molecule has 3 atom stereocenters. The number of pyridine rings is 1. The highest BCUT2D eigenvalue weighted by molar-refractivity contribution is 5.75. The first-order chi connectivity index (χ1) is 13.7. The van der Waals surface area contributed by atoms with Crippen LogP contribution in [0.25, 0.3) is 6.08 Å². The Morgan fingerprint density at radius 3 is 2.61 bits per heavy atom. The van der Waals surface area contributed by atoms with Crippen LogP contribution in [0, 0.1) is 0 Å². The molecule has 1 amide bonds. The smallest absolute Gasteiger partial charge is 0.219 e. The van der Waals surface area contributed by atoms with Crippen molar-refractivity contribution in [3.8, 4) is 0 Å². The topological polar surface area (TPSA) is 65.5 Å². The van der Waals surface area contributed by atoms with Gasteiger partial charge in [-0.1, -0.05) is 49.4 Å². The fourth-order valence-electron chi connectivity index (χ4n) is 4.00. The van der Waals surface area contributed by atoms with Gasteiger partial charge in [0.05, 0.1) is 12.3 Å². The Kier molecular flexibility index (Phi) is 6.95. The van der Waals surface area contributed by atoms with Crippen LogP contribution in [0.1, 0.15) is 43.0 Å². The van der Waals surface area contributed by atoms with Gasteiger partial charge in [0.15, 0.2) is 0 Å². The summed E-state index contributed by atoms with van der Waals surface area (Å²) < 4.78 is 0. The van der Waals surface area contributed by atoms with E-state index in [0.29, 0.717) is 19.5 Å². The monoisotopic (exact) mass is 379 g/mol. The molecule has 0 unspecified atom stereocenters. The minimum absolute atomic E-state index is 0.0121. The van der Waals surface area contributed by atoms with Crippen LogP contribution in [0.15, 0.2) is 54.7 Å². The number of likely N-dealkylation sites (tertiary alicyclic amines) is 1. The summed E-state index contributed by atoms with van der Waals surface area (Å²) in [5.74, 6) is 0.220. The number of aromatic nitrogens is 1. The van der Waals surface area contributed by atoms with Crippen LogP contribution in [-0.4, -0.2) is 46.1 Å². The Morgan fingerprint density at radius 1 is 1.21 bits per heavy atom. The van der Waals surface area contributed by atoms with Crippen LogP contribution in [-0.2, 0) is 11.3 Å². The number of carbonyl (C=O) groups is 1. The van der Waals surface area contributed by atoms with Crippen molar-refractivity contribution in [3.63, 3.8) is 0 Å². The second kappa shape index (κ2) is 9.62. The molecule has 0 saturated carbocycles. The second-order valence-electron chi connectivity index (χ2n) is 7.16. The summed E-state index contributed by atoms with van der Waals surface area (Å²) in [6.45, 7) is 5.16. The molecule has 2 heterocycles. The number of carbonyl (C=O) groups excluding carboxylic acids is 1. The Bertz CT molecular complexity index is 789. The third-order valence-corrected chi connectivity index (χ3v) is 5.45. The number of allylic oxidation sites excluding steroid dienone is 1. The predicted octanol–water partition coefficient (Wildman–Crippen LogP) is 2.97. The maximum Gasteiger partial charge on any atom is 0.219 e. The summed E-state index contributed by atoms with van der Waals surface area (Å²) in [7, 11) is 0. The van der Waals surface area contributed by atoms with Crippen molar-refractivity contribution in [1.29, 1.82) is 0 Å². The van der Waals surface area contributed by atoms with E-state index in [-0.39, 0.29) is 30.5 Å². The highest BCUT2D eigenvalue weighted by Gasteiger charge is 2.48. The number of nitrogens with one attached hydrogen (secondary N) is 1. The number of nitrogens with zero attached hydrogens (tertiary/aromatic N) is 2. The van der Waals surface area contributed by atoms with Crippen LogP contribution in [0.3, 0.4) is 0 Å². The molecular weight excluding hydrogens is 350 g/mol. The minimum Gasteiger partial charge on any atom is -0.395 e. The van der Waals surface area contributed by atoms with Crippen LogP contribution in [0.5, 0.6) is 0 Å². The van der Waals surface area contributed by atoms with E-state index in [1.165, 1.54) is 5.56 Å². The molecule has 1 aromatic heterocycles. The predicted molar refractivity (Wildman–Crippen MR) is 112 cm³/mol. The Hall–Kier alpha value is -2.50. The lowest BCUT2D eigenvalue weighted by Gasteiger charge is -2.55. The van der Waals surface area contributed by atoms with Gasteiger partial charge in [0.1, 0.15) is 0 Å². The van der Waals surface area contributed by atoms with E-state index < -0.39 is 0 Å². The number of benzene rings is 1. The van der Waals surface area contributed by atoms with Gasteiger partial charge in [-0.3, -0.25) is 14.7 Å². The Morgan fingerprint density at radius 2 is 2.00 bits per heavy atom. The van der Waals surface area contributed by atoms with E-state index in [4.69, 9.17) is 0 Å². The highest BCUT2D eigenvalue weighted by Crippen LogP contribution is 2.41. The zero-order valence-electron chi connectivity index (χ0n) is 16.6. The summed E-state index contributed by atoms with van der Waals surface area (Å²) in [6, 6.07) is 14.5. The van der Waals surface area contributed by atoms with Crippen LogP contribution < -0.4 is 5.32 Å². The first-order valence-corrected chi connectivity index (χ1v) is 9.93. The Labute approximate surface area is 167 Å². The van der Waals surface area contributed by atoms with E-state index in [2.05, 4.69) is 45.5 Å². The fraction of sp³-hybridized carbons (Fsp3) is 0.391. The largest absolute Gasteiger partial charge is 0.395 e. The number of aliphatic hydroxyl groups is 1. The van der Waals surface area contributed by atoms with Gasteiger partial charge >= 0.3 is 0 Å². The number of hydrogen-bond donors (Lipinski definition) is 2. The Balaban J connectivity index is 1.82. The van der Waals surface area contributed by atoms with E-state index >= 15 is 0 Å². The second-order valence-corrected chi connectivity index (χ2v) is 7.16.